The zero-order valence-electron chi connectivity index (χ0n) is 20.7. The minimum Gasteiger partial charge on any atom is -0.349 e. The first kappa shape index (κ1) is 26.3. The Morgan fingerprint density at radius 1 is 0.719 bits per heavy atom. The SMILES string of the molecule is COC1(N=NC(C)(C)C)CCCC(N=NC2CCCC(N=NC(C)(C)C)(OC)C2=O)C1=O. The highest BCUT2D eigenvalue weighted by Gasteiger charge is 2.48. The summed E-state index contributed by atoms with van der Waals surface area (Å²) in [5.74, 6) is -0.562. The summed E-state index contributed by atoms with van der Waals surface area (Å²) in [5, 5.41) is 25.6. The first-order chi connectivity index (χ1) is 14.8. The lowest BCUT2D eigenvalue weighted by Crippen LogP contribution is -2.49. The summed E-state index contributed by atoms with van der Waals surface area (Å²) in [6, 6.07) is -1.46. The Kier molecular flexibility index (Phi) is 8.15. The Morgan fingerprint density at radius 3 is 1.34 bits per heavy atom. The number of nitrogens with zero attached hydrogens (tertiary/aromatic N) is 6. The second-order valence-electron chi connectivity index (χ2n) is 10.5. The van der Waals surface area contributed by atoms with Gasteiger partial charge in [-0.1, -0.05) is 0 Å². The molecular weight excluding hydrogens is 412 g/mol. The van der Waals surface area contributed by atoms with Gasteiger partial charge in [0.05, 0.1) is 11.1 Å². The molecule has 0 amide bonds. The van der Waals surface area contributed by atoms with Gasteiger partial charge in [-0.25, -0.2) is 0 Å². The van der Waals surface area contributed by atoms with Crippen molar-refractivity contribution in [2.45, 2.75) is 115 Å². The lowest BCUT2D eigenvalue weighted by atomic mass is 9.86. The van der Waals surface area contributed by atoms with Crippen LogP contribution in [0.5, 0.6) is 0 Å². The van der Waals surface area contributed by atoms with Crippen LogP contribution in [0, 0.1) is 0 Å². The fourth-order valence-corrected chi connectivity index (χ4v) is 3.63. The summed E-state index contributed by atoms with van der Waals surface area (Å²) < 4.78 is 11.0. The number of methoxy groups -OCH3 is 2. The van der Waals surface area contributed by atoms with Gasteiger partial charge in [-0.15, -0.1) is 10.2 Å². The van der Waals surface area contributed by atoms with Crippen molar-refractivity contribution in [1.29, 1.82) is 0 Å². The second kappa shape index (κ2) is 9.91. The molecular formula is C22H38N6O4. The van der Waals surface area contributed by atoms with Crippen molar-refractivity contribution >= 4 is 11.6 Å². The van der Waals surface area contributed by atoms with Gasteiger partial charge in [-0.2, -0.15) is 20.5 Å². The van der Waals surface area contributed by atoms with Gasteiger partial charge < -0.3 is 9.47 Å². The molecule has 32 heavy (non-hydrogen) atoms. The maximum absolute atomic E-state index is 13.2. The van der Waals surface area contributed by atoms with Gasteiger partial charge in [0, 0.05) is 27.1 Å². The fraction of sp³-hybridized carbons (Fsp3) is 0.909. The number of Topliss-reactive ketones (excluding diaryl/α,β-unsaturated/α-hetero) is 2. The van der Waals surface area contributed by atoms with Gasteiger partial charge in [0.25, 0.3) is 0 Å². The molecule has 0 heterocycles. The third kappa shape index (κ3) is 6.31. The predicted octanol–water partition coefficient (Wildman–Crippen LogP) is 4.87. The molecule has 0 saturated heterocycles. The number of carbonyl (C=O) groups is 2. The summed E-state index contributed by atoms with van der Waals surface area (Å²) >= 11 is 0. The first-order valence-electron chi connectivity index (χ1n) is 11.2. The number of rotatable bonds is 6. The van der Waals surface area contributed by atoms with Crippen LogP contribution in [-0.4, -0.2) is 60.4 Å². The van der Waals surface area contributed by atoms with Gasteiger partial charge in [0.2, 0.25) is 23.0 Å². The summed E-state index contributed by atoms with van der Waals surface area (Å²) in [6.07, 6.45) is 3.31. The molecule has 0 aromatic heterocycles. The van der Waals surface area contributed by atoms with E-state index in [4.69, 9.17) is 9.47 Å². The largest absolute Gasteiger partial charge is 0.349 e. The van der Waals surface area contributed by atoms with Crippen LogP contribution in [0.4, 0.5) is 0 Å². The monoisotopic (exact) mass is 450 g/mol. The summed E-state index contributed by atoms with van der Waals surface area (Å²) in [4.78, 5) is 26.3. The van der Waals surface area contributed by atoms with Crippen molar-refractivity contribution in [3.05, 3.63) is 0 Å². The van der Waals surface area contributed by atoms with E-state index in [0.717, 1.165) is 0 Å². The molecule has 4 unspecified atom stereocenters. The molecule has 0 aromatic rings. The summed E-state index contributed by atoms with van der Waals surface area (Å²) in [6.45, 7) is 11.4. The first-order valence-corrected chi connectivity index (χ1v) is 11.2. The number of hydrogen-bond donors (Lipinski definition) is 0. The van der Waals surface area contributed by atoms with Crippen molar-refractivity contribution in [2.75, 3.05) is 14.2 Å². The molecule has 2 saturated carbocycles. The van der Waals surface area contributed by atoms with Gasteiger partial charge >= 0.3 is 0 Å². The molecule has 2 rings (SSSR count). The second-order valence-corrected chi connectivity index (χ2v) is 10.5. The third-order valence-corrected chi connectivity index (χ3v) is 5.41. The van der Waals surface area contributed by atoms with Crippen LogP contribution in [0.15, 0.2) is 30.7 Å². The molecule has 2 aliphatic carbocycles. The Labute approximate surface area is 190 Å². The lowest BCUT2D eigenvalue weighted by Gasteiger charge is -2.34. The molecule has 180 valence electrons. The maximum atomic E-state index is 13.2. The molecule has 0 aliphatic heterocycles. The van der Waals surface area contributed by atoms with E-state index < -0.39 is 34.6 Å². The van der Waals surface area contributed by atoms with Crippen LogP contribution < -0.4 is 0 Å². The highest BCUT2D eigenvalue weighted by atomic mass is 16.5. The van der Waals surface area contributed by atoms with E-state index in [0.29, 0.717) is 38.5 Å². The molecule has 0 radical (unpaired) electrons. The van der Waals surface area contributed by atoms with E-state index in [1.807, 2.05) is 41.5 Å². The van der Waals surface area contributed by atoms with E-state index in [9.17, 15) is 9.59 Å². The number of hydrogen-bond acceptors (Lipinski definition) is 10. The molecule has 2 fully saturated rings. The average molecular weight is 451 g/mol. The Hall–Kier alpha value is -1.94. The number of carbonyl (C=O) groups excluding carboxylic acids is 2. The topological polar surface area (TPSA) is 127 Å². The van der Waals surface area contributed by atoms with E-state index in [2.05, 4.69) is 30.7 Å². The minimum absolute atomic E-state index is 0.281. The van der Waals surface area contributed by atoms with Crippen molar-refractivity contribution in [3.63, 3.8) is 0 Å². The molecule has 0 aromatic carbocycles. The zero-order chi connectivity index (χ0) is 24.2. The minimum atomic E-state index is -1.36. The molecule has 0 spiro atoms. The van der Waals surface area contributed by atoms with Crippen LogP contribution in [0.25, 0.3) is 0 Å². The summed E-state index contributed by atoms with van der Waals surface area (Å²) in [7, 11) is 2.91. The Balaban J connectivity index is 2.22. The van der Waals surface area contributed by atoms with E-state index >= 15 is 0 Å². The van der Waals surface area contributed by atoms with Crippen LogP contribution in [0.1, 0.15) is 80.1 Å². The van der Waals surface area contributed by atoms with Crippen molar-refractivity contribution < 1.29 is 19.1 Å². The highest BCUT2D eigenvalue weighted by molar-refractivity contribution is 5.93. The normalized spacial score (nSPS) is 33.1. The fourth-order valence-electron chi connectivity index (χ4n) is 3.63. The quantitative estimate of drug-likeness (QED) is 0.535. The average Bonchev–Trinajstić information content (AvgIpc) is 2.71. The number of ether oxygens (including phenoxy) is 2. The third-order valence-electron chi connectivity index (χ3n) is 5.41. The Morgan fingerprint density at radius 2 is 1.06 bits per heavy atom. The van der Waals surface area contributed by atoms with E-state index in [-0.39, 0.29) is 11.6 Å². The van der Waals surface area contributed by atoms with Gasteiger partial charge in [0.1, 0.15) is 12.1 Å². The molecule has 10 heteroatoms. The van der Waals surface area contributed by atoms with Crippen molar-refractivity contribution in [1.82, 2.24) is 0 Å². The van der Waals surface area contributed by atoms with Crippen molar-refractivity contribution in [3.8, 4) is 0 Å². The standard InChI is InChI=1S/C22H38N6O4/c1-19(2,3)25-27-21(31-7)13-9-11-15(17(21)29)23-24-16-12-10-14-22(32-8,18(16)30)28-26-20(4,5)6/h15-16H,9-14H2,1-8H3. The van der Waals surface area contributed by atoms with Crippen LogP contribution in [0.2, 0.25) is 0 Å². The van der Waals surface area contributed by atoms with Crippen LogP contribution in [0.3, 0.4) is 0 Å². The zero-order valence-corrected chi connectivity index (χ0v) is 20.7. The van der Waals surface area contributed by atoms with Gasteiger partial charge in [-0.05, 0) is 67.2 Å². The molecule has 10 nitrogen and oxygen atoms in total. The predicted molar refractivity (Wildman–Crippen MR) is 119 cm³/mol. The van der Waals surface area contributed by atoms with Gasteiger partial charge in [-0.3, -0.25) is 9.59 Å². The maximum Gasteiger partial charge on any atom is 0.239 e. The molecule has 4 atom stereocenters. The smallest absolute Gasteiger partial charge is 0.239 e. The van der Waals surface area contributed by atoms with Gasteiger partial charge in [0.15, 0.2) is 0 Å². The molecule has 2 aliphatic rings. The van der Waals surface area contributed by atoms with Crippen molar-refractivity contribution in [2.24, 2.45) is 30.7 Å². The lowest BCUT2D eigenvalue weighted by molar-refractivity contribution is -0.148. The number of azo groups is 3. The van der Waals surface area contributed by atoms with E-state index in [1.165, 1.54) is 14.2 Å². The molecule has 0 N–H and O–H groups in total. The summed E-state index contributed by atoms with van der Waals surface area (Å²) in [5.41, 5.74) is -3.58. The highest BCUT2D eigenvalue weighted by Crippen LogP contribution is 2.35. The van der Waals surface area contributed by atoms with Crippen LogP contribution in [-0.2, 0) is 19.1 Å². The van der Waals surface area contributed by atoms with Crippen LogP contribution >= 0.6 is 0 Å². The molecule has 0 bridgehead atoms. The number of ketones is 2. The Bertz CT molecular complexity index is 718. The van der Waals surface area contributed by atoms with E-state index in [1.54, 1.807) is 0 Å².